The molecule has 0 radical (unpaired) electrons. The largest absolute Gasteiger partial charge is 0.496 e. The second-order valence-electron chi connectivity index (χ2n) is 4.43. The minimum atomic E-state index is -0.935. The normalized spacial score (nSPS) is 11.8. The van der Waals surface area contributed by atoms with E-state index < -0.39 is 5.60 Å². The number of benzene rings is 1. The summed E-state index contributed by atoms with van der Waals surface area (Å²) in [6.45, 7) is 3.48. The lowest BCUT2D eigenvalue weighted by Gasteiger charge is -2.21. The summed E-state index contributed by atoms with van der Waals surface area (Å²) in [5, 5.41) is 12.2. The van der Waals surface area contributed by atoms with Crippen LogP contribution in [0.25, 0.3) is 10.8 Å². The molecule has 0 saturated carbocycles. The van der Waals surface area contributed by atoms with Gasteiger partial charge in [-0.25, -0.2) is 4.98 Å². The number of hydrogen-bond donors (Lipinski definition) is 1. The monoisotopic (exact) mass is 251 g/mol. The number of aromatic nitrogens is 1. The van der Waals surface area contributed by atoms with Gasteiger partial charge < -0.3 is 9.84 Å². The highest BCUT2D eigenvalue weighted by molar-refractivity contribution is 6.30. The number of halogens is 1. The third kappa shape index (κ3) is 2.21. The topological polar surface area (TPSA) is 42.4 Å². The summed E-state index contributed by atoms with van der Waals surface area (Å²) in [5.74, 6) is 0.720. The summed E-state index contributed by atoms with van der Waals surface area (Å²) >= 11 is 5.90. The third-order valence-electron chi connectivity index (χ3n) is 2.71. The van der Waals surface area contributed by atoms with Crippen molar-refractivity contribution in [2.45, 2.75) is 19.4 Å². The van der Waals surface area contributed by atoms with E-state index in [9.17, 15) is 5.11 Å². The summed E-state index contributed by atoms with van der Waals surface area (Å²) in [4.78, 5) is 4.04. The van der Waals surface area contributed by atoms with E-state index in [0.717, 1.165) is 22.1 Å². The molecule has 1 aromatic carbocycles. The van der Waals surface area contributed by atoms with Gasteiger partial charge in [-0.05, 0) is 36.9 Å². The van der Waals surface area contributed by atoms with Crippen LogP contribution in [0.1, 0.15) is 19.4 Å². The molecule has 1 N–H and O–H groups in total. The van der Waals surface area contributed by atoms with Gasteiger partial charge in [-0.1, -0.05) is 17.7 Å². The van der Waals surface area contributed by atoms with Crippen LogP contribution in [-0.4, -0.2) is 17.2 Å². The van der Waals surface area contributed by atoms with Crippen LogP contribution >= 0.6 is 11.6 Å². The molecule has 0 bridgehead atoms. The standard InChI is InChI=1S/C13H14ClNO2/c1-13(2,16)10-4-5-11(17-3)9-7-15-12(14)6-8(9)10/h4-7,16H,1-3H3. The van der Waals surface area contributed by atoms with Crippen molar-refractivity contribution in [2.75, 3.05) is 7.11 Å². The molecule has 17 heavy (non-hydrogen) atoms. The van der Waals surface area contributed by atoms with E-state index in [1.165, 1.54) is 0 Å². The molecular weight excluding hydrogens is 238 g/mol. The molecule has 0 fully saturated rings. The Kier molecular flexibility index (Phi) is 2.98. The van der Waals surface area contributed by atoms with Crippen LogP contribution in [-0.2, 0) is 5.60 Å². The average Bonchev–Trinajstić information content (AvgIpc) is 2.25. The van der Waals surface area contributed by atoms with E-state index >= 15 is 0 Å². The van der Waals surface area contributed by atoms with Gasteiger partial charge in [0.2, 0.25) is 0 Å². The molecule has 90 valence electrons. The van der Waals surface area contributed by atoms with Crippen LogP contribution in [0.4, 0.5) is 0 Å². The van der Waals surface area contributed by atoms with E-state index in [2.05, 4.69) is 4.98 Å². The molecule has 0 aliphatic rings. The van der Waals surface area contributed by atoms with Crippen molar-refractivity contribution < 1.29 is 9.84 Å². The lowest BCUT2D eigenvalue weighted by atomic mass is 9.93. The third-order valence-corrected chi connectivity index (χ3v) is 2.91. The second-order valence-corrected chi connectivity index (χ2v) is 4.81. The van der Waals surface area contributed by atoms with Gasteiger partial charge in [0.25, 0.3) is 0 Å². The number of rotatable bonds is 2. The van der Waals surface area contributed by atoms with Crippen molar-refractivity contribution in [1.82, 2.24) is 4.98 Å². The highest BCUT2D eigenvalue weighted by atomic mass is 35.5. The zero-order chi connectivity index (χ0) is 12.6. The van der Waals surface area contributed by atoms with Crippen molar-refractivity contribution in [2.24, 2.45) is 0 Å². The molecule has 2 rings (SSSR count). The Morgan fingerprint density at radius 2 is 2.00 bits per heavy atom. The highest BCUT2D eigenvalue weighted by Gasteiger charge is 2.20. The Hall–Kier alpha value is -1.32. The summed E-state index contributed by atoms with van der Waals surface area (Å²) in [7, 11) is 1.60. The number of nitrogens with zero attached hydrogens (tertiary/aromatic N) is 1. The molecule has 1 aromatic heterocycles. The maximum Gasteiger partial charge on any atom is 0.129 e. The molecule has 1 heterocycles. The van der Waals surface area contributed by atoms with Gasteiger partial charge >= 0.3 is 0 Å². The number of pyridine rings is 1. The van der Waals surface area contributed by atoms with Crippen LogP contribution in [0.2, 0.25) is 5.15 Å². The summed E-state index contributed by atoms with van der Waals surface area (Å²) < 4.78 is 5.27. The molecule has 0 saturated heterocycles. The lowest BCUT2D eigenvalue weighted by Crippen LogP contribution is -2.16. The fraction of sp³-hybridized carbons (Fsp3) is 0.308. The first-order valence-corrected chi connectivity index (χ1v) is 5.66. The van der Waals surface area contributed by atoms with Gasteiger partial charge in [0.05, 0.1) is 12.7 Å². The van der Waals surface area contributed by atoms with Crippen LogP contribution in [0.5, 0.6) is 5.75 Å². The minimum absolute atomic E-state index is 0.399. The lowest BCUT2D eigenvalue weighted by molar-refractivity contribution is 0.0802. The Morgan fingerprint density at radius 3 is 2.59 bits per heavy atom. The quantitative estimate of drug-likeness (QED) is 0.834. The van der Waals surface area contributed by atoms with E-state index in [-0.39, 0.29) is 0 Å². The molecule has 0 amide bonds. The average molecular weight is 252 g/mol. The minimum Gasteiger partial charge on any atom is -0.496 e. The number of ether oxygens (including phenoxy) is 1. The van der Waals surface area contributed by atoms with E-state index in [1.807, 2.05) is 12.1 Å². The maximum absolute atomic E-state index is 10.1. The van der Waals surface area contributed by atoms with Crippen LogP contribution in [0, 0.1) is 0 Å². The van der Waals surface area contributed by atoms with Crippen molar-refractivity contribution in [3.63, 3.8) is 0 Å². The fourth-order valence-corrected chi connectivity index (χ4v) is 2.06. The molecule has 2 aromatic rings. The first-order valence-electron chi connectivity index (χ1n) is 5.28. The van der Waals surface area contributed by atoms with Crippen molar-refractivity contribution in [3.8, 4) is 5.75 Å². The Labute approximate surface area is 105 Å². The van der Waals surface area contributed by atoms with Crippen molar-refractivity contribution >= 4 is 22.4 Å². The fourth-order valence-electron chi connectivity index (χ4n) is 1.90. The molecule has 4 heteroatoms. The molecule has 3 nitrogen and oxygen atoms in total. The summed E-state index contributed by atoms with van der Waals surface area (Å²) in [6, 6.07) is 5.41. The molecule has 0 unspecified atom stereocenters. The van der Waals surface area contributed by atoms with Crippen LogP contribution < -0.4 is 4.74 Å². The predicted octanol–water partition coefficient (Wildman–Crippen LogP) is 3.12. The van der Waals surface area contributed by atoms with Gasteiger partial charge in [0, 0.05) is 11.6 Å². The van der Waals surface area contributed by atoms with E-state index in [1.54, 1.807) is 33.2 Å². The second kappa shape index (κ2) is 4.17. The smallest absolute Gasteiger partial charge is 0.129 e. The Balaban J connectivity index is 2.84. The number of fused-ring (bicyclic) bond motifs is 1. The van der Waals surface area contributed by atoms with E-state index in [0.29, 0.717) is 5.15 Å². The first-order chi connectivity index (χ1) is 7.93. The molecule has 0 aliphatic heterocycles. The Morgan fingerprint density at radius 1 is 1.29 bits per heavy atom. The SMILES string of the molecule is COc1ccc(C(C)(C)O)c2cc(Cl)ncc12. The number of hydrogen-bond acceptors (Lipinski definition) is 3. The van der Waals surface area contributed by atoms with Gasteiger partial charge in [0.1, 0.15) is 10.9 Å². The van der Waals surface area contributed by atoms with Crippen LogP contribution in [0.3, 0.4) is 0 Å². The molecule has 0 atom stereocenters. The molecular formula is C13H14ClNO2. The van der Waals surface area contributed by atoms with Crippen LogP contribution in [0.15, 0.2) is 24.4 Å². The highest BCUT2D eigenvalue weighted by Crippen LogP contribution is 2.34. The van der Waals surface area contributed by atoms with Gasteiger partial charge in [0.15, 0.2) is 0 Å². The zero-order valence-corrected chi connectivity index (χ0v) is 10.7. The number of methoxy groups -OCH3 is 1. The van der Waals surface area contributed by atoms with Gasteiger partial charge in [-0.3, -0.25) is 0 Å². The summed E-state index contributed by atoms with van der Waals surface area (Å²) in [6.07, 6.45) is 1.66. The van der Waals surface area contributed by atoms with Gasteiger partial charge in [-0.2, -0.15) is 0 Å². The zero-order valence-electron chi connectivity index (χ0n) is 9.99. The first kappa shape index (κ1) is 12.1. The van der Waals surface area contributed by atoms with E-state index in [4.69, 9.17) is 16.3 Å². The predicted molar refractivity (Wildman–Crippen MR) is 68.5 cm³/mol. The van der Waals surface area contributed by atoms with Crippen molar-refractivity contribution in [1.29, 1.82) is 0 Å². The summed E-state index contributed by atoms with van der Waals surface area (Å²) in [5.41, 5.74) is -0.132. The van der Waals surface area contributed by atoms with Crippen molar-refractivity contribution in [3.05, 3.63) is 35.1 Å². The van der Waals surface area contributed by atoms with Gasteiger partial charge in [-0.15, -0.1) is 0 Å². The maximum atomic E-state index is 10.1. The molecule has 0 spiro atoms. The number of aliphatic hydroxyl groups is 1. The Bertz CT molecular complexity index is 561. The molecule has 0 aliphatic carbocycles.